The van der Waals surface area contributed by atoms with Gasteiger partial charge in [0.25, 0.3) is 7.82 Å². The van der Waals surface area contributed by atoms with Crippen molar-refractivity contribution in [1.29, 1.82) is 0 Å². The van der Waals surface area contributed by atoms with Gasteiger partial charge >= 0.3 is 5.97 Å². The van der Waals surface area contributed by atoms with E-state index in [0.717, 1.165) is 12.8 Å². The molecule has 0 aliphatic carbocycles. The van der Waals surface area contributed by atoms with E-state index in [4.69, 9.17) is 18.5 Å². The average Bonchev–Trinajstić information content (AvgIpc) is 2.75. The number of carbonyl (C=O) groups excluding carboxylic acids is 1. The standard InChI is InChI=1S/C26H54NO7P.H2O/c1-6-7-8-9-10-11-12-13-14-15-16-17-18-19-21-31-23-26(34-25(2)28)24-33-35(29,30)32-22-20-27(3,4)5;/h26H,6-24H2,1-5H3;1H2/t26-;/m1./s1. The quantitative estimate of drug-likeness (QED) is 0.0703. The van der Waals surface area contributed by atoms with E-state index in [1.54, 1.807) is 0 Å². The fourth-order valence-electron chi connectivity index (χ4n) is 3.60. The highest BCUT2D eigenvalue weighted by atomic mass is 31.2. The van der Waals surface area contributed by atoms with E-state index in [-0.39, 0.29) is 25.3 Å². The first kappa shape index (κ1) is 37.6. The molecular weight excluding hydrogens is 485 g/mol. The van der Waals surface area contributed by atoms with Gasteiger partial charge < -0.3 is 33.4 Å². The summed E-state index contributed by atoms with van der Waals surface area (Å²) in [5.41, 5.74) is 0. The molecule has 0 spiro atoms. The maximum Gasteiger partial charge on any atom is 0.303 e. The zero-order chi connectivity index (χ0) is 26.4. The van der Waals surface area contributed by atoms with Gasteiger partial charge in [0.05, 0.1) is 34.4 Å². The zero-order valence-electron chi connectivity index (χ0n) is 23.8. The summed E-state index contributed by atoms with van der Waals surface area (Å²) in [6, 6.07) is 0. The number of likely N-dealkylation sites (N-methyl/N-ethyl adjacent to an activating group) is 1. The van der Waals surface area contributed by atoms with E-state index in [9.17, 15) is 14.3 Å². The zero-order valence-corrected chi connectivity index (χ0v) is 24.7. The summed E-state index contributed by atoms with van der Waals surface area (Å²) in [5.74, 6) is -0.509. The Morgan fingerprint density at radius 1 is 0.778 bits per heavy atom. The average molecular weight is 542 g/mol. The summed E-state index contributed by atoms with van der Waals surface area (Å²) in [5, 5.41) is 0. The summed E-state index contributed by atoms with van der Waals surface area (Å²) in [7, 11) is 1.35. The fourth-order valence-corrected chi connectivity index (χ4v) is 4.33. The molecule has 218 valence electrons. The highest BCUT2D eigenvalue weighted by Gasteiger charge is 2.19. The van der Waals surface area contributed by atoms with Crippen molar-refractivity contribution in [3.63, 3.8) is 0 Å². The molecule has 9 nitrogen and oxygen atoms in total. The second-order valence-electron chi connectivity index (χ2n) is 10.5. The molecule has 0 aliphatic heterocycles. The Morgan fingerprint density at radius 2 is 1.25 bits per heavy atom. The van der Waals surface area contributed by atoms with Crippen molar-refractivity contribution in [2.45, 2.75) is 110 Å². The Labute approximate surface area is 220 Å². The number of phosphoric acid groups is 1. The minimum atomic E-state index is -4.46. The third kappa shape index (κ3) is 28.0. The Bertz CT molecular complexity index is 557. The molecule has 0 rings (SSSR count). The maximum atomic E-state index is 11.9. The molecule has 0 saturated carbocycles. The monoisotopic (exact) mass is 541 g/mol. The minimum absolute atomic E-state index is 0. The molecule has 10 heteroatoms. The Morgan fingerprint density at radius 3 is 1.69 bits per heavy atom. The number of quaternary nitrogens is 1. The van der Waals surface area contributed by atoms with E-state index < -0.39 is 19.9 Å². The lowest BCUT2D eigenvalue weighted by Gasteiger charge is -2.28. The number of unbranched alkanes of at least 4 members (excludes halogenated alkanes) is 13. The summed E-state index contributed by atoms with van der Waals surface area (Å²) in [6.45, 7) is 4.40. The van der Waals surface area contributed by atoms with Gasteiger partial charge in [-0.05, 0) is 6.42 Å². The maximum absolute atomic E-state index is 11.9. The summed E-state index contributed by atoms with van der Waals surface area (Å²) in [6.07, 6.45) is 17.3. The van der Waals surface area contributed by atoms with Crippen LogP contribution in [0.2, 0.25) is 0 Å². The molecule has 0 bridgehead atoms. The molecule has 0 saturated heterocycles. The van der Waals surface area contributed by atoms with Crippen LogP contribution in [-0.2, 0) is 27.9 Å². The third-order valence-corrected chi connectivity index (χ3v) is 6.67. The number of carbonyl (C=O) groups is 1. The SMILES string of the molecule is CCCCCCCCCCCCCCCCOC[C@H](COP(=O)([O-])OCC[N+](C)(C)C)OC(C)=O.O. The van der Waals surface area contributed by atoms with Gasteiger partial charge in [-0.15, -0.1) is 0 Å². The molecule has 0 aromatic heterocycles. The van der Waals surface area contributed by atoms with E-state index in [2.05, 4.69) is 6.92 Å². The minimum Gasteiger partial charge on any atom is -0.756 e. The van der Waals surface area contributed by atoms with Gasteiger partial charge in [-0.1, -0.05) is 90.4 Å². The van der Waals surface area contributed by atoms with Crippen molar-refractivity contribution in [3.05, 3.63) is 0 Å². The molecule has 2 atom stereocenters. The van der Waals surface area contributed by atoms with E-state index >= 15 is 0 Å². The van der Waals surface area contributed by atoms with Gasteiger partial charge in [-0.3, -0.25) is 9.36 Å². The predicted molar refractivity (Wildman–Crippen MR) is 143 cm³/mol. The molecule has 0 aromatic rings. The van der Waals surface area contributed by atoms with Crippen molar-refractivity contribution in [1.82, 2.24) is 0 Å². The van der Waals surface area contributed by atoms with Gasteiger partial charge in [0, 0.05) is 13.5 Å². The lowest BCUT2D eigenvalue weighted by molar-refractivity contribution is -0.870. The molecule has 0 amide bonds. The van der Waals surface area contributed by atoms with Crippen LogP contribution in [0.15, 0.2) is 0 Å². The third-order valence-electron chi connectivity index (χ3n) is 5.71. The molecule has 0 aliphatic rings. The van der Waals surface area contributed by atoms with Crippen molar-refractivity contribution in [2.24, 2.45) is 0 Å². The Balaban J connectivity index is 0. The van der Waals surface area contributed by atoms with Crippen LogP contribution in [0.5, 0.6) is 0 Å². The first-order chi connectivity index (χ1) is 16.6. The van der Waals surface area contributed by atoms with Crippen molar-refractivity contribution < 1.29 is 42.7 Å². The van der Waals surface area contributed by atoms with Crippen molar-refractivity contribution in [3.8, 4) is 0 Å². The first-order valence-electron chi connectivity index (χ1n) is 13.7. The summed E-state index contributed by atoms with van der Waals surface area (Å²) in [4.78, 5) is 23.2. The number of hydrogen-bond donors (Lipinski definition) is 0. The number of esters is 1. The van der Waals surface area contributed by atoms with E-state index in [0.29, 0.717) is 17.6 Å². The number of phosphoric ester groups is 1. The number of ether oxygens (including phenoxy) is 2. The van der Waals surface area contributed by atoms with Crippen LogP contribution in [0.4, 0.5) is 0 Å². The van der Waals surface area contributed by atoms with Crippen molar-refractivity contribution in [2.75, 3.05) is 54.1 Å². The first-order valence-corrected chi connectivity index (χ1v) is 15.2. The summed E-state index contributed by atoms with van der Waals surface area (Å²) < 4.78 is 33.0. The van der Waals surface area contributed by atoms with Gasteiger partial charge in [0.15, 0.2) is 0 Å². The topological polar surface area (TPSA) is 126 Å². The number of rotatable bonds is 25. The van der Waals surface area contributed by atoms with Gasteiger partial charge in [0.2, 0.25) is 0 Å². The second-order valence-corrected chi connectivity index (χ2v) is 11.9. The molecule has 0 aromatic carbocycles. The Kier molecular flexibility index (Phi) is 24.6. The second kappa shape index (κ2) is 23.6. The fraction of sp³-hybridized carbons (Fsp3) is 0.962. The molecule has 0 radical (unpaired) electrons. The number of nitrogens with zero attached hydrogens (tertiary/aromatic N) is 1. The van der Waals surface area contributed by atoms with E-state index in [1.807, 2.05) is 21.1 Å². The van der Waals surface area contributed by atoms with Gasteiger partial charge in [-0.25, -0.2) is 0 Å². The smallest absolute Gasteiger partial charge is 0.303 e. The lowest BCUT2D eigenvalue weighted by atomic mass is 10.0. The van der Waals surface area contributed by atoms with Crippen LogP contribution in [0, 0.1) is 0 Å². The van der Waals surface area contributed by atoms with Crippen LogP contribution in [0.3, 0.4) is 0 Å². The van der Waals surface area contributed by atoms with Gasteiger partial charge in [0.1, 0.15) is 19.3 Å². The molecule has 1 unspecified atom stereocenters. The predicted octanol–water partition coefficient (Wildman–Crippen LogP) is 4.80. The highest BCUT2D eigenvalue weighted by molar-refractivity contribution is 7.45. The van der Waals surface area contributed by atoms with E-state index in [1.165, 1.54) is 84.0 Å². The van der Waals surface area contributed by atoms with Crippen LogP contribution in [0.25, 0.3) is 0 Å². The molecular formula is C26H56NO8P. The summed E-state index contributed by atoms with van der Waals surface area (Å²) >= 11 is 0. The van der Waals surface area contributed by atoms with Crippen molar-refractivity contribution >= 4 is 13.8 Å². The Hall–Kier alpha value is -0.540. The normalized spacial score (nSPS) is 14.2. The molecule has 0 heterocycles. The highest BCUT2D eigenvalue weighted by Crippen LogP contribution is 2.38. The van der Waals surface area contributed by atoms with Crippen LogP contribution < -0.4 is 4.89 Å². The largest absolute Gasteiger partial charge is 0.756 e. The van der Waals surface area contributed by atoms with Gasteiger partial charge in [-0.2, -0.15) is 0 Å². The van der Waals surface area contributed by atoms with Crippen LogP contribution in [0.1, 0.15) is 104 Å². The van der Waals surface area contributed by atoms with Crippen LogP contribution >= 0.6 is 7.82 Å². The lowest BCUT2D eigenvalue weighted by Crippen LogP contribution is -2.37. The molecule has 2 N–H and O–H groups in total. The molecule has 0 fully saturated rings. The molecule has 36 heavy (non-hydrogen) atoms. The number of hydrogen-bond acceptors (Lipinski definition) is 7. The van der Waals surface area contributed by atoms with Crippen LogP contribution in [-0.4, -0.2) is 76.1 Å².